The molecule has 0 aliphatic carbocycles. The number of esters is 1. The number of ether oxygens (including phenoxy) is 1. The SMILES string of the molecule is CCCCCC=CCC=CCC=CCCCCC(=O)OCCl. The lowest BCUT2D eigenvalue weighted by molar-refractivity contribution is -0.141. The molecule has 0 aromatic carbocycles. The lowest BCUT2D eigenvalue weighted by Crippen LogP contribution is -2.01. The van der Waals surface area contributed by atoms with E-state index in [0.717, 1.165) is 32.1 Å². The third-order valence-electron chi connectivity index (χ3n) is 3.24. The summed E-state index contributed by atoms with van der Waals surface area (Å²) >= 11 is 5.30. The second-order valence-corrected chi connectivity index (χ2v) is 5.47. The van der Waals surface area contributed by atoms with Crippen LogP contribution in [0.15, 0.2) is 36.5 Å². The molecule has 0 aromatic heterocycles. The van der Waals surface area contributed by atoms with Crippen molar-refractivity contribution >= 4 is 17.6 Å². The van der Waals surface area contributed by atoms with Crippen molar-refractivity contribution in [1.29, 1.82) is 0 Å². The van der Waals surface area contributed by atoms with Crippen molar-refractivity contribution in [3.63, 3.8) is 0 Å². The van der Waals surface area contributed by atoms with Gasteiger partial charge in [-0.1, -0.05) is 67.8 Å². The van der Waals surface area contributed by atoms with Crippen LogP contribution in [0.5, 0.6) is 0 Å². The summed E-state index contributed by atoms with van der Waals surface area (Å²) in [7, 11) is 0. The molecule has 0 aromatic rings. The fraction of sp³-hybridized carbons (Fsp3) is 0.632. The van der Waals surface area contributed by atoms with Gasteiger partial charge in [0.15, 0.2) is 6.07 Å². The summed E-state index contributed by atoms with van der Waals surface area (Å²) in [5, 5.41) is 0. The van der Waals surface area contributed by atoms with E-state index in [9.17, 15) is 4.79 Å². The summed E-state index contributed by atoms with van der Waals surface area (Å²) in [6.45, 7) is 2.23. The number of rotatable bonds is 14. The first kappa shape index (κ1) is 21.0. The highest BCUT2D eigenvalue weighted by Gasteiger charge is 1.99. The molecule has 0 bridgehead atoms. The first-order valence-electron chi connectivity index (χ1n) is 8.47. The maximum atomic E-state index is 11.0. The van der Waals surface area contributed by atoms with Gasteiger partial charge in [0.1, 0.15) is 0 Å². The van der Waals surface area contributed by atoms with Gasteiger partial charge in [-0.25, -0.2) is 0 Å². The molecule has 0 atom stereocenters. The third kappa shape index (κ3) is 17.0. The highest BCUT2D eigenvalue weighted by molar-refractivity contribution is 6.17. The van der Waals surface area contributed by atoms with Crippen molar-refractivity contribution in [3.05, 3.63) is 36.5 Å². The van der Waals surface area contributed by atoms with E-state index in [1.807, 2.05) is 0 Å². The van der Waals surface area contributed by atoms with Crippen molar-refractivity contribution in [2.45, 2.75) is 71.1 Å². The molecular formula is C19H31ClO2. The first-order valence-corrected chi connectivity index (χ1v) is 9.01. The average Bonchev–Trinajstić information content (AvgIpc) is 2.51. The van der Waals surface area contributed by atoms with E-state index in [1.54, 1.807) is 0 Å². The number of carbonyl (C=O) groups is 1. The first-order chi connectivity index (χ1) is 10.8. The Balaban J connectivity index is 3.35. The van der Waals surface area contributed by atoms with Crippen molar-refractivity contribution < 1.29 is 9.53 Å². The maximum absolute atomic E-state index is 11.0. The Kier molecular flexibility index (Phi) is 17.2. The number of allylic oxidation sites excluding steroid dienone is 6. The molecule has 0 amide bonds. The van der Waals surface area contributed by atoms with Crippen LogP contribution in [0.2, 0.25) is 0 Å². The molecule has 0 spiro atoms. The van der Waals surface area contributed by atoms with Gasteiger partial charge >= 0.3 is 5.97 Å². The van der Waals surface area contributed by atoms with Gasteiger partial charge in [0.2, 0.25) is 0 Å². The molecular weight excluding hydrogens is 296 g/mol. The number of unbranched alkanes of at least 4 members (excludes halogenated alkanes) is 5. The Morgan fingerprint density at radius 2 is 1.41 bits per heavy atom. The fourth-order valence-electron chi connectivity index (χ4n) is 1.95. The average molecular weight is 327 g/mol. The topological polar surface area (TPSA) is 26.3 Å². The zero-order valence-corrected chi connectivity index (χ0v) is 14.7. The highest BCUT2D eigenvalue weighted by atomic mass is 35.5. The molecule has 0 radical (unpaired) electrons. The van der Waals surface area contributed by atoms with E-state index < -0.39 is 0 Å². The third-order valence-corrected chi connectivity index (χ3v) is 3.35. The molecule has 0 aliphatic rings. The Hall–Kier alpha value is -1.02. The molecule has 3 heteroatoms. The zero-order valence-electron chi connectivity index (χ0n) is 13.9. The smallest absolute Gasteiger partial charge is 0.306 e. The van der Waals surface area contributed by atoms with Gasteiger partial charge in [-0.05, 0) is 44.9 Å². The Morgan fingerprint density at radius 1 is 0.864 bits per heavy atom. The van der Waals surface area contributed by atoms with Crippen LogP contribution in [-0.4, -0.2) is 12.0 Å². The van der Waals surface area contributed by atoms with Crippen LogP contribution in [-0.2, 0) is 9.53 Å². The van der Waals surface area contributed by atoms with Gasteiger partial charge in [-0.2, -0.15) is 0 Å². The summed E-state index contributed by atoms with van der Waals surface area (Å²) in [6, 6.07) is -0.0427. The minimum absolute atomic E-state index is 0.0427. The van der Waals surface area contributed by atoms with Crippen LogP contribution < -0.4 is 0 Å². The number of halogens is 1. The predicted molar refractivity (Wildman–Crippen MR) is 96.1 cm³/mol. The van der Waals surface area contributed by atoms with Crippen molar-refractivity contribution in [2.75, 3.05) is 6.07 Å². The molecule has 0 aliphatic heterocycles. The molecule has 0 saturated heterocycles. The minimum Gasteiger partial charge on any atom is -0.449 e. The molecule has 126 valence electrons. The molecule has 0 fully saturated rings. The molecule has 0 unspecified atom stereocenters. The van der Waals surface area contributed by atoms with Crippen LogP contribution in [0, 0.1) is 0 Å². The lowest BCUT2D eigenvalue weighted by atomic mass is 10.2. The predicted octanol–water partition coefficient (Wildman–Crippen LogP) is 6.32. The number of carbonyl (C=O) groups excluding carboxylic acids is 1. The van der Waals surface area contributed by atoms with Crippen LogP contribution in [0.4, 0.5) is 0 Å². The van der Waals surface area contributed by atoms with E-state index in [1.165, 1.54) is 25.7 Å². The number of hydrogen-bond donors (Lipinski definition) is 0. The standard InChI is InChI=1S/C19H31ClO2/c1-2-3-4-5-6-7-8-9-10-11-12-13-14-15-16-17-19(21)22-18-20/h6-7,9-10,12-13H,2-5,8,11,14-18H2,1H3. The maximum Gasteiger partial charge on any atom is 0.306 e. The fourth-order valence-corrected chi connectivity index (χ4v) is 2.08. The molecule has 0 N–H and O–H groups in total. The second kappa shape index (κ2) is 18.0. The highest BCUT2D eigenvalue weighted by Crippen LogP contribution is 2.04. The normalized spacial score (nSPS) is 11.9. The van der Waals surface area contributed by atoms with E-state index in [0.29, 0.717) is 6.42 Å². The zero-order chi connectivity index (χ0) is 16.3. The molecule has 22 heavy (non-hydrogen) atoms. The monoisotopic (exact) mass is 326 g/mol. The van der Waals surface area contributed by atoms with Gasteiger partial charge in [0, 0.05) is 6.42 Å². The number of hydrogen-bond acceptors (Lipinski definition) is 2. The molecule has 0 rings (SSSR count). The molecule has 0 saturated carbocycles. The van der Waals surface area contributed by atoms with E-state index >= 15 is 0 Å². The quantitative estimate of drug-likeness (QED) is 0.162. The van der Waals surface area contributed by atoms with Gasteiger partial charge in [0.25, 0.3) is 0 Å². The van der Waals surface area contributed by atoms with Crippen molar-refractivity contribution in [2.24, 2.45) is 0 Å². The van der Waals surface area contributed by atoms with Crippen molar-refractivity contribution in [3.8, 4) is 0 Å². The summed E-state index contributed by atoms with van der Waals surface area (Å²) < 4.78 is 4.65. The van der Waals surface area contributed by atoms with Gasteiger partial charge in [0.05, 0.1) is 0 Å². The van der Waals surface area contributed by atoms with Gasteiger partial charge in [-0.15, -0.1) is 0 Å². The van der Waals surface area contributed by atoms with Crippen LogP contribution in [0.3, 0.4) is 0 Å². The van der Waals surface area contributed by atoms with E-state index in [2.05, 4.69) is 48.1 Å². The summed E-state index contributed by atoms with van der Waals surface area (Å²) in [4.78, 5) is 11.0. The van der Waals surface area contributed by atoms with Crippen LogP contribution in [0.25, 0.3) is 0 Å². The lowest BCUT2D eigenvalue weighted by Gasteiger charge is -1.98. The minimum atomic E-state index is -0.204. The van der Waals surface area contributed by atoms with Gasteiger partial charge in [-0.3, -0.25) is 4.79 Å². The summed E-state index contributed by atoms with van der Waals surface area (Å²) in [6.07, 6.45) is 23.8. The Bertz CT molecular complexity index is 332. The Morgan fingerprint density at radius 3 is 1.95 bits per heavy atom. The number of alkyl halides is 1. The van der Waals surface area contributed by atoms with Crippen molar-refractivity contribution in [1.82, 2.24) is 0 Å². The van der Waals surface area contributed by atoms with Crippen LogP contribution in [0.1, 0.15) is 71.1 Å². The van der Waals surface area contributed by atoms with Gasteiger partial charge < -0.3 is 4.74 Å². The Labute approximate surface area is 141 Å². The molecule has 2 nitrogen and oxygen atoms in total. The summed E-state index contributed by atoms with van der Waals surface area (Å²) in [5.74, 6) is -0.204. The van der Waals surface area contributed by atoms with Crippen LogP contribution >= 0.6 is 11.6 Å². The summed E-state index contributed by atoms with van der Waals surface area (Å²) in [5.41, 5.74) is 0. The largest absolute Gasteiger partial charge is 0.449 e. The second-order valence-electron chi connectivity index (χ2n) is 5.25. The van der Waals surface area contributed by atoms with E-state index in [-0.39, 0.29) is 12.0 Å². The van der Waals surface area contributed by atoms with E-state index in [4.69, 9.17) is 11.6 Å². The molecule has 0 heterocycles.